The highest BCUT2D eigenvalue weighted by Gasteiger charge is 2.18. The molecule has 0 fully saturated rings. The minimum Gasteiger partial charge on any atom is -0.322 e. The molecule has 0 saturated heterocycles. The summed E-state index contributed by atoms with van der Waals surface area (Å²) in [5.74, 6) is 5.07. The second-order valence-electron chi connectivity index (χ2n) is 2.30. The van der Waals surface area contributed by atoms with Gasteiger partial charge in [-0.2, -0.15) is 0 Å². The molecule has 0 atom stereocenters. The summed E-state index contributed by atoms with van der Waals surface area (Å²) in [6.45, 7) is 5.93. The molecule has 0 aromatic heterocycles. The zero-order chi connectivity index (χ0) is 10.8. The van der Waals surface area contributed by atoms with Crippen LogP contribution in [-0.2, 0) is 9.05 Å². The molecular formula is C10H16NO2P. The van der Waals surface area contributed by atoms with Gasteiger partial charge < -0.3 is 9.05 Å². The van der Waals surface area contributed by atoms with E-state index in [1.807, 2.05) is 18.5 Å². The Morgan fingerprint density at radius 2 is 1.50 bits per heavy atom. The van der Waals surface area contributed by atoms with Gasteiger partial charge in [0.05, 0.1) is 26.3 Å². The average molecular weight is 213 g/mol. The van der Waals surface area contributed by atoms with Crippen LogP contribution >= 0.6 is 8.53 Å². The SMILES string of the molecule is C#CCN(CC#C)P(OCC)OCC. The fourth-order valence-corrected chi connectivity index (χ4v) is 2.04. The van der Waals surface area contributed by atoms with Crippen molar-refractivity contribution in [2.75, 3.05) is 26.3 Å². The van der Waals surface area contributed by atoms with Crippen molar-refractivity contribution < 1.29 is 9.05 Å². The predicted molar refractivity (Wildman–Crippen MR) is 59.4 cm³/mol. The van der Waals surface area contributed by atoms with Crippen molar-refractivity contribution in [3.05, 3.63) is 0 Å². The van der Waals surface area contributed by atoms with Crippen molar-refractivity contribution in [3.63, 3.8) is 0 Å². The van der Waals surface area contributed by atoms with Crippen molar-refractivity contribution in [1.29, 1.82) is 0 Å². The Bertz CT molecular complexity index is 197. The standard InChI is InChI=1S/C10H16NO2P/c1-5-9-11(10-6-2)14(12-7-3)13-8-4/h1-2H,7-10H2,3-4H3. The molecule has 0 unspecified atom stereocenters. The van der Waals surface area contributed by atoms with Crippen LogP contribution in [0.1, 0.15) is 13.8 Å². The summed E-state index contributed by atoms with van der Waals surface area (Å²) in [6, 6.07) is 0. The van der Waals surface area contributed by atoms with E-state index in [-0.39, 0.29) is 0 Å². The minimum atomic E-state index is -1.09. The second-order valence-corrected chi connectivity index (χ2v) is 3.86. The molecule has 0 saturated carbocycles. The molecule has 0 spiro atoms. The predicted octanol–water partition coefficient (Wildman–Crippen LogP) is 1.85. The summed E-state index contributed by atoms with van der Waals surface area (Å²) in [4.78, 5) is 0. The average Bonchev–Trinajstić information content (AvgIpc) is 2.17. The van der Waals surface area contributed by atoms with E-state index in [0.29, 0.717) is 26.3 Å². The Balaban J connectivity index is 4.23. The van der Waals surface area contributed by atoms with Gasteiger partial charge in [0.1, 0.15) is 0 Å². The van der Waals surface area contributed by atoms with Gasteiger partial charge in [-0.3, -0.25) is 0 Å². The van der Waals surface area contributed by atoms with Gasteiger partial charge in [0, 0.05) is 0 Å². The molecule has 0 rings (SSSR count). The maximum absolute atomic E-state index is 5.43. The Kier molecular flexibility index (Phi) is 8.64. The first-order valence-electron chi connectivity index (χ1n) is 4.47. The van der Waals surface area contributed by atoms with Crippen molar-refractivity contribution in [2.24, 2.45) is 0 Å². The van der Waals surface area contributed by atoms with Crippen molar-refractivity contribution in [2.45, 2.75) is 13.8 Å². The Labute approximate surface area is 87.7 Å². The minimum absolute atomic E-state index is 0.454. The number of nitrogens with zero attached hydrogens (tertiary/aromatic N) is 1. The first-order chi connectivity index (χ1) is 6.79. The highest BCUT2D eigenvalue weighted by molar-refractivity contribution is 7.44. The number of rotatable bonds is 7. The van der Waals surface area contributed by atoms with Crippen LogP contribution in [0.2, 0.25) is 0 Å². The maximum Gasteiger partial charge on any atom is 0.260 e. The summed E-state index contributed by atoms with van der Waals surface area (Å²) in [5, 5.41) is 0. The van der Waals surface area contributed by atoms with Crippen molar-refractivity contribution >= 4 is 8.53 Å². The molecule has 14 heavy (non-hydrogen) atoms. The van der Waals surface area contributed by atoms with Crippen LogP contribution in [0.3, 0.4) is 0 Å². The third kappa shape index (κ3) is 5.22. The molecule has 0 aliphatic carbocycles. The number of hydrogen-bond donors (Lipinski definition) is 0. The highest BCUT2D eigenvalue weighted by Crippen LogP contribution is 2.41. The first kappa shape index (κ1) is 13.4. The van der Waals surface area contributed by atoms with Gasteiger partial charge in [0.2, 0.25) is 0 Å². The lowest BCUT2D eigenvalue weighted by atomic mass is 10.6. The van der Waals surface area contributed by atoms with Gasteiger partial charge in [-0.05, 0) is 13.8 Å². The molecule has 0 bridgehead atoms. The Morgan fingerprint density at radius 3 is 1.79 bits per heavy atom. The van der Waals surface area contributed by atoms with E-state index >= 15 is 0 Å². The molecule has 4 heteroatoms. The fraction of sp³-hybridized carbons (Fsp3) is 0.600. The van der Waals surface area contributed by atoms with Crippen LogP contribution in [-0.4, -0.2) is 31.0 Å². The third-order valence-electron chi connectivity index (χ3n) is 1.26. The van der Waals surface area contributed by atoms with Gasteiger partial charge in [-0.1, -0.05) is 11.8 Å². The summed E-state index contributed by atoms with van der Waals surface area (Å²) >= 11 is 0. The van der Waals surface area contributed by atoms with E-state index in [1.54, 1.807) is 0 Å². The zero-order valence-electron chi connectivity index (χ0n) is 8.69. The summed E-state index contributed by atoms with van der Waals surface area (Å²) < 4.78 is 12.7. The van der Waals surface area contributed by atoms with E-state index in [1.165, 1.54) is 0 Å². The lowest BCUT2D eigenvalue weighted by Crippen LogP contribution is -2.21. The Hall–Kier alpha value is -0.570. The molecule has 3 nitrogen and oxygen atoms in total. The molecular weight excluding hydrogens is 197 g/mol. The smallest absolute Gasteiger partial charge is 0.260 e. The summed E-state index contributed by atoms with van der Waals surface area (Å²) in [6.07, 6.45) is 10.5. The van der Waals surface area contributed by atoms with E-state index in [2.05, 4.69) is 11.8 Å². The highest BCUT2D eigenvalue weighted by atomic mass is 31.2. The van der Waals surface area contributed by atoms with Crippen LogP contribution in [0.25, 0.3) is 0 Å². The normalized spacial score (nSPS) is 10.1. The lowest BCUT2D eigenvalue weighted by molar-refractivity contribution is 0.229. The van der Waals surface area contributed by atoms with E-state index in [0.717, 1.165) is 0 Å². The summed E-state index contributed by atoms with van der Waals surface area (Å²) in [5.41, 5.74) is 0. The van der Waals surface area contributed by atoms with Crippen LogP contribution < -0.4 is 0 Å². The number of terminal acetylenes is 2. The van der Waals surface area contributed by atoms with Crippen LogP contribution in [0.5, 0.6) is 0 Å². The summed E-state index contributed by atoms with van der Waals surface area (Å²) in [7, 11) is -1.09. The molecule has 0 amide bonds. The molecule has 0 aromatic rings. The van der Waals surface area contributed by atoms with Crippen LogP contribution in [0.4, 0.5) is 0 Å². The molecule has 0 radical (unpaired) electrons. The van der Waals surface area contributed by atoms with Crippen LogP contribution in [0.15, 0.2) is 0 Å². The monoisotopic (exact) mass is 213 g/mol. The molecule has 78 valence electrons. The van der Waals surface area contributed by atoms with Crippen LogP contribution in [0, 0.1) is 24.7 Å². The van der Waals surface area contributed by atoms with E-state index in [4.69, 9.17) is 21.9 Å². The number of hydrogen-bond acceptors (Lipinski definition) is 3. The molecule has 0 heterocycles. The molecule has 0 aliphatic rings. The van der Waals surface area contributed by atoms with Gasteiger partial charge >= 0.3 is 0 Å². The lowest BCUT2D eigenvalue weighted by Gasteiger charge is -2.25. The van der Waals surface area contributed by atoms with Gasteiger partial charge in [0.25, 0.3) is 8.53 Å². The van der Waals surface area contributed by atoms with Gasteiger partial charge in [0.15, 0.2) is 0 Å². The van der Waals surface area contributed by atoms with Gasteiger partial charge in [-0.25, -0.2) is 4.67 Å². The first-order valence-corrected chi connectivity index (χ1v) is 5.60. The van der Waals surface area contributed by atoms with E-state index in [9.17, 15) is 0 Å². The van der Waals surface area contributed by atoms with Crippen molar-refractivity contribution in [3.8, 4) is 24.7 Å². The maximum atomic E-state index is 5.43. The molecule has 0 aromatic carbocycles. The zero-order valence-corrected chi connectivity index (χ0v) is 9.59. The topological polar surface area (TPSA) is 21.7 Å². The molecule has 0 aliphatic heterocycles. The molecule has 0 N–H and O–H groups in total. The van der Waals surface area contributed by atoms with Gasteiger partial charge in [-0.15, -0.1) is 12.8 Å². The fourth-order valence-electron chi connectivity index (χ4n) is 0.804. The quantitative estimate of drug-likeness (QED) is 0.476. The third-order valence-corrected chi connectivity index (χ3v) is 2.96. The second kappa shape index (κ2) is 9.00. The van der Waals surface area contributed by atoms with E-state index < -0.39 is 8.53 Å². The largest absolute Gasteiger partial charge is 0.322 e. The Morgan fingerprint density at radius 1 is 1.07 bits per heavy atom. The van der Waals surface area contributed by atoms with Crippen molar-refractivity contribution in [1.82, 2.24) is 4.67 Å².